The Morgan fingerprint density at radius 1 is 1.30 bits per heavy atom. The maximum Gasteiger partial charge on any atom is 0.253 e. The summed E-state index contributed by atoms with van der Waals surface area (Å²) >= 11 is 0. The fourth-order valence-electron chi connectivity index (χ4n) is 3.62. The lowest BCUT2D eigenvalue weighted by atomic mass is 10.1. The lowest BCUT2D eigenvalue weighted by Gasteiger charge is -2.21. The largest absolute Gasteiger partial charge is 0.348 e. The number of hydrogen-bond acceptors (Lipinski definition) is 4. The molecule has 144 valence electrons. The molecule has 0 saturated heterocycles. The highest BCUT2D eigenvalue weighted by Crippen LogP contribution is 2.34. The molecule has 2 heterocycles. The third-order valence-corrected chi connectivity index (χ3v) is 6.04. The number of aromatic nitrogens is 1. The van der Waals surface area contributed by atoms with Crippen molar-refractivity contribution in [3.05, 3.63) is 62.6 Å². The number of carbonyl (C=O) groups excluding carboxylic acids is 1. The highest BCUT2D eigenvalue weighted by atomic mass is 32.2. The Morgan fingerprint density at radius 3 is 2.63 bits per heavy atom. The summed E-state index contributed by atoms with van der Waals surface area (Å²) in [6.07, 6.45) is 1.74. The summed E-state index contributed by atoms with van der Waals surface area (Å²) < 4.78 is 25.4. The van der Waals surface area contributed by atoms with E-state index in [1.165, 1.54) is 10.6 Å². The third kappa shape index (κ3) is 3.75. The Kier molecular flexibility index (Phi) is 4.86. The highest BCUT2D eigenvalue weighted by molar-refractivity contribution is 7.92. The van der Waals surface area contributed by atoms with Crippen LogP contribution in [0.2, 0.25) is 0 Å². The monoisotopic (exact) mass is 389 g/mol. The summed E-state index contributed by atoms with van der Waals surface area (Å²) in [5.74, 6) is -0.303. The number of benzene rings is 1. The topological polar surface area (TPSA) is 99.3 Å². The number of H-pyrrole nitrogens is 1. The zero-order valence-electron chi connectivity index (χ0n) is 15.8. The summed E-state index contributed by atoms with van der Waals surface area (Å²) in [6, 6.07) is 6.68. The number of nitrogens with zero attached hydrogens (tertiary/aromatic N) is 1. The maximum atomic E-state index is 12.5. The molecular formula is C19H23N3O4S. The van der Waals surface area contributed by atoms with Crippen LogP contribution in [-0.2, 0) is 23.0 Å². The van der Waals surface area contributed by atoms with Gasteiger partial charge in [0.05, 0.1) is 11.9 Å². The fourth-order valence-corrected chi connectivity index (χ4v) is 4.89. The molecule has 8 heteroatoms. The molecule has 0 aliphatic carbocycles. The molecule has 0 fully saturated rings. The summed E-state index contributed by atoms with van der Waals surface area (Å²) in [4.78, 5) is 27.3. The molecular weight excluding hydrogens is 366 g/mol. The van der Waals surface area contributed by atoms with Crippen molar-refractivity contribution in [3.8, 4) is 0 Å². The molecule has 1 aliphatic heterocycles. The molecule has 0 saturated carbocycles. The Balaban J connectivity index is 1.80. The summed E-state index contributed by atoms with van der Waals surface area (Å²) in [5.41, 5.74) is 3.79. The second-order valence-electron chi connectivity index (χ2n) is 7.08. The van der Waals surface area contributed by atoms with Gasteiger partial charge in [0, 0.05) is 29.4 Å². The van der Waals surface area contributed by atoms with Gasteiger partial charge in [0.2, 0.25) is 10.0 Å². The first-order valence-corrected chi connectivity index (χ1v) is 10.5. The zero-order chi connectivity index (χ0) is 19.9. The maximum absolute atomic E-state index is 12.5. The number of aromatic amines is 1. The standard InChI is InChI=1S/C19H23N3O4S/c1-11-7-12(2)21-19(24)16(11)10-20-18(23)14-5-6-17-15(9-14)8-13(3)22(17)27(4,25)26/h5-7,9,13H,8,10H2,1-4H3,(H,20,23)(H,21,24)/t13-/m1/s1. The van der Waals surface area contributed by atoms with Crippen molar-refractivity contribution in [3.63, 3.8) is 0 Å². The van der Waals surface area contributed by atoms with Crippen LogP contribution < -0.4 is 15.2 Å². The molecule has 7 nitrogen and oxygen atoms in total. The second-order valence-corrected chi connectivity index (χ2v) is 8.94. The van der Waals surface area contributed by atoms with Gasteiger partial charge in [-0.15, -0.1) is 0 Å². The Hall–Kier alpha value is -2.61. The highest BCUT2D eigenvalue weighted by Gasteiger charge is 2.32. The van der Waals surface area contributed by atoms with Gasteiger partial charge in [-0.25, -0.2) is 8.42 Å². The van der Waals surface area contributed by atoms with Gasteiger partial charge >= 0.3 is 0 Å². The predicted octanol–water partition coefficient (Wildman–Crippen LogP) is 1.63. The van der Waals surface area contributed by atoms with Crippen LogP contribution >= 0.6 is 0 Å². The third-order valence-electron chi connectivity index (χ3n) is 4.77. The minimum atomic E-state index is -3.36. The quantitative estimate of drug-likeness (QED) is 0.830. The first-order chi connectivity index (χ1) is 12.6. The molecule has 2 N–H and O–H groups in total. The van der Waals surface area contributed by atoms with Gasteiger partial charge in [0.15, 0.2) is 0 Å². The summed E-state index contributed by atoms with van der Waals surface area (Å²) in [7, 11) is -3.36. The van der Waals surface area contributed by atoms with Crippen molar-refractivity contribution in [2.75, 3.05) is 10.6 Å². The van der Waals surface area contributed by atoms with Gasteiger partial charge < -0.3 is 10.3 Å². The molecule has 0 unspecified atom stereocenters. The number of pyridine rings is 1. The molecule has 0 radical (unpaired) electrons. The van der Waals surface area contributed by atoms with Crippen LogP contribution in [0.4, 0.5) is 5.69 Å². The molecule has 1 atom stereocenters. The van der Waals surface area contributed by atoms with E-state index in [1.807, 2.05) is 26.8 Å². The number of carbonyl (C=O) groups is 1. The van der Waals surface area contributed by atoms with E-state index in [0.717, 1.165) is 16.8 Å². The molecule has 0 spiro atoms. The van der Waals surface area contributed by atoms with Crippen molar-refractivity contribution in [1.82, 2.24) is 10.3 Å². The van der Waals surface area contributed by atoms with Crippen molar-refractivity contribution >= 4 is 21.6 Å². The number of nitrogens with one attached hydrogen (secondary N) is 2. The number of anilines is 1. The molecule has 1 amide bonds. The Morgan fingerprint density at radius 2 is 2.00 bits per heavy atom. The average Bonchev–Trinajstić information content (AvgIpc) is 2.88. The van der Waals surface area contributed by atoms with Crippen LogP contribution in [0.3, 0.4) is 0 Å². The molecule has 2 aromatic rings. The number of aryl methyl sites for hydroxylation is 2. The Labute approximate surface area is 158 Å². The van der Waals surface area contributed by atoms with Crippen LogP contribution in [0.15, 0.2) is 29.1 Å². The van der Waals surface area contributed by atoms with Gasteiger partial charge in [0.25, 0.3) is 11.5 Å². The smallest absolute Gasteiger partial charge is 0.253 e. The van der Waals surface area contributed by atoms with Crippen LogP contribution in [0.1, 0.15) is 39.7 Å². The van der Waals surface area contributed by atoms with Crippen LogP contribution in [0.5, 0.6) is 0 Å². The van der Waals surface area contributed by atoms with E-state index in [-0.39, 0.29) is 24.1 Å². The molecule has 27 heavy (non-hydrogen) atoms. The van der Waals surface area contributed by atoms with E-state index in [2.05, 4.69) is 10.3 Å². The normalized spacial score (nSPS) is 16.3. The van der Waals surface area contributed by atoms with Gasteiger partial charge in [-0.05, 0) is 62.6 Å². The van der Waals surface area contributed by atoms with E-state index < -0.39 is 10.0 Å². The fraction of sp³-hybridized carbons (Fsp3) is 0.368. The average molecular weight is 389 g/mol. The molecule has 1 aliphatic rings. The van der Waals surface area contributed by atoms with E-state index in [0.29, 0.717) is 23.2 Å². The van der Waals surface area contributed by atoms with Crippen molar-refractivity contribution in [2.24, 2.45) is 0 Å². The van der Waals surface area contributed by atoms with Gasteiger partial charge in [-0.2, -0.15) is 0 Å². The lowest BCUT2D eigenvalue weighted by Crippen LogP contribution is -2.34. The zero-order valence-corrected chi connectivity index (χ0v) is 16.6. The number of amides is 1. The van der Waals surface area contributed by atoms with Crippen LogP contribution in [-0.4, -0.2) is 31.6 Å². The Bertz CT molecular complexity index is 1070. The number of rotatable bonds is 4. The number of sulfonamides is 1. The summed E-state index contributed by atoms with van der Waals surface area (Å²) in [5, 5.41) is 2.77. The van der Waals surface area contributed by atoms with Crippen molar-refractivity contribution in [2.45, 2.75) is 39.8 Å². The van der Waals surface area contributed by atoms with Gasteiger partial charge in [-0.3, -0.25) is 13.9 Å². The molecule has 1 aromatic carbocycles. The van der Waals surface area contributed by atoms with E-state index in [1.54, 1.807) is 18.2 Å². The van der Waals surface area contributed by atoms with Gasteiger partial charge in [-0.1, -0.05) is 0 Å². The molecule has 1 aromatic heterocycles. The first-order valence-electron chi connectivity index (χ1n) is 8.68. The van der Waals surface area contributed by atoms with E-state index in [4.69, 9.17) is 0 Å². The first kappa shape index (κ1) is 19.2. The van der Waals surface area contributed by atoms with E-state index in [9.17, 15) is 18.0 Å². The predicted molar refractivity (Wildman–Crippen MR) is 105 cm³/mol. The minimum absolute atomic E-state index is 0.128. The lowest BCUT2D eigenvalue weighted by molar-refractivity contribution is 0.0950. The molecule has 0 bridgehead atoms. The van der Waals surface area contributed by atoms with Crippen LogP contribution in [0, 0.1) is 13.8 Å². The number of hydrogen-bond donors (Lipinski definition) is 2. The molecule has 3 rings (SSSR count). The van der Waals surface area contributed by atoms with Crippen LogP contribution in [0.25, 0.3) is 0 Å². The SMILES string of the molecule is Cc1cc(C)c(CNC(=O)c2ccc3c(c2)C[C@@H](C)N3S(C)(=O)=O)c(=O)[nH]1. The van der Waals surface area contributed by atoms with Crippen molar-refractivity contribution in [1.29, 1.82) is 0 Å². The second kappa shape index (κ2) is 6.84. The summed E-state index contributed by atoms with van der Waals surface area (Å²) in [6.45, 7) is 5.61. The number of fused-ring (bicyclic) bond motifs is 1. The van der Waals surface area contributed by atoms with Gasteiger partial charge in [0.1, 0.15) is 0 Å². The van der Waals surface area contributed by atoms with E-state index >= 15 is 0 Å². The minimum Gasteiger partial charge on any atom is -0.348 e. The van der Waals surface area contributed by atoms with Crippen molar-refractivity contribution < 1.29 is 13.2 Å².